The number of carbonyl (C=O) groups is 2. The van der Waals surface area contributed by atoms with Gasteiger partial charge in [0.2, 0.25) is 0 Å². The van der Waals surface area contributed by atoms with Crippen molar-refractivity contribution in [1.82, 2.24) is 15.5 Å². The summed E-state index contributed by atoms with van der Waals surface area (Å²) in [5.41, 5.74) is 0. The number of nitrogens with zero attached hydrogens (tertiary/aromatic N) is 1. The zero-order valence-corrected chi connectivity index (χ0v) is 10.8. The molecule has 3 N–H and O–H groups in total. The van der Waals surface area contributed by atoms with Crippen LogP contribution in [0.5, 0.6) is 0 Å². The summed E-state index contributed by atoms with van der Waals surface area (Å²) in [4.78, 5) is 24.0. The van der Waals surface area contributed by atoms with E-state index in [1.807, 2.05) is 0 Å². The van der Waals surface area contributed by atoms with E-state index >= 15 is 0 Å². The van der Waals surface area contributed by atoms with Crippen molar-refractivity contribution < 1.29 is 14.7 Å². The standard InChI is InChI=1S/C12H23N3O3/c16-11(17)5-1-2-6-13-12(18)14-7-10-15-8-3-4-9-15/h1-10H2,(H,16,17)(H2,13,14,18). The molecular formula is C12H23N3O3. The second kappa shape index (κ2) is 8.74. The number of carboxylic acid groups (broad SMARTS) is 1. The van der Waals surface area contributed by atoms with E-state index in [0.717, 1.165) is 19.6 Å². The lowest BCUT2D eigenvalue weighted by Crippen LogP contribution is -2.40. The van der Waals surface area contributed by atoms with Crippen LogP contribution < -0.4 is 10.6 Å². The van der Waals surface area contributed by atoms with Gasteiger partial charge in [0, 0.05) is 26.1 Å². The van der Waals surface area contributed by atoms with Crippen molar-refractivity contribution in [1.29, 1.82) is 0 Å². The van der Waals surface area contributed by atoms with E-state index in [1.54, 1.807) is 0 Å². The Morgan fingerprint density at radius 2 is 1.72 bits per heavy atom. The Hall–Kier alpha value is -1.30. The van der Waals surface area contributed by atoms with Crippen molar-refractivity contribution in [2.75, 3.05) is 32.7 Å². The lowest BCUT2D eigenvalue weighted by molar-refractivity contribution is -0.137. The van der Waals surface area contributed by atoms with E-state index in [9.17, 15) is 9.59 Å². The monoisotopic (exact) mass is 257 g/mol. The number of amides is 2. The van der Waals surface area contributed by atoms with Crippen LogP contribution in [0.25, 0.3) is 0 Å². The fraction of sp³-hybridized carbons (Fsp3) is 0.833. The first-order chi connectivity index (χ1) is 8.68. The molecule has 0 aromatic heterocycles. The predicted molar refractivity (Wildman–Crippen MR) is 68.6 cm³/mol. The molecule has 6 nitrogen and oxygen atoms in total. The maximum atomic E-state index is 11.4. The van der Waals surface area contributed by atoms with Gasteiger partial charge in [-0.25, -0.2) is 4.79 Å². The molecule has 1 aliphatic heterocycles. The number of aliphatic carboxylic acids is 1. The van der Waals surface area contributed by atoms with Crippen LogP contribution in [0.15, 0.2) is 0 Å². The van der Waals surface area contributed by atoms with Gasteiger partial charge >= 0.3 is 12.0 Å². The maximum absolute atomic E-state index is 11.4. The van der Waals surface area contributed by atoms with Crippen molar-refractivity contribution >= 4 is 12.0 Å². The van der Waals surface area contributed by atoms with Gasteiger partial charge < -0.3 is 20.6 Å². The minimum absolute atomic E-state index is 0.162. The summed E-state index contributed by atoms with van der Waals surface area (Å²) in [7, 11) is 0. The SMILES string of the molecule is O=C(O)CCCCNC(=O)NCCN1CCCC1. The second-order valence-corrected chi connectivity index (χ2v) is 4.58. The van der Waals surface area contributed by atoms with E-state index in [1.165, 1.54) is 12.8 Å². The second-order valence-electron chi connectivity index (χ2n) is 4.58. The zero-order chi connectivity index (χ0) is 13.2. The van der Waals surface area contributed by atoms with Crippen molar-refractivity contribution in [3.05, 3.63) is 0 Å². The summed E-state index contributed by atoms with van der Waals surface area (Å²) < 4.78 is 0. The van der Waals surface area contributed by atoms with Gasteiger partial charge in [0.05, 0.1) is 0 Å². The average molecular weight is 257 g/mol. The highest BCUT2D eigenvalue weighted by molar-refractivity contribution is 5.73. The summed E-state index contributed by atoms with van der Waals surface area (Å²) in [6.45, 7) is 4.38. The molecule has 1 aliphatic rings. The summed E-state index contributed by atoms with van der Waals surface area (Å²) in [5, 5.41) is 14.0. The molecule has 0 unspecified atom stereocenters. The van der Waals surface area contributed by atoms with Crippen LogP contribution >= 0.6 is 0 Å². The smallest absolute Gasteiger partial charge is 0.314 e. The van der Waals surface area contributed by atoms with Gasteiger partial charge in [0.15, 0.2) is 0 Å². The van der Waals surface area contributed by atoms with Crippen LogP contribution in [0.3, 0.4) is 0 Å². The lowest BCUT2D eigenvalue weighted by Gasteiger charge is -2.14. The van der Waals surface area contributed by atoms with Crippen LogP contribution in [0.4, 0.5) is 4.79 Å². The third kappa shape index (κ3) is 7.11. The Morgan fingerprint density at radius 3 is 2.39 bits per heavy atom. The molecule has 1 saturated heterocycles. The molecule has 104 valence electrons. The van der Waals surface area contributed by atoms with Gasteiger partial charge in [-0.05, 0) is 38.8 Å². The van der Waals surface area contributed by atoms with E-state index < -0.39 is 5.97 Å². The first-order valence-electron chi connectivity index (χ1n) is 6.64. The fourth-order valence-electron chi connectivity index (χ4n) is 2.00. The van der Waals surface area contributed by atoms with Gasteiger partial charge in [0.25, 0.3) is 0 Å². The van der Waals surface area contributed by atoms with Crippen LogP contribution in [-0.2, 0) is 4.79 Å². The van der Waals surface area contributed by atoms with E-state index in [4.69, 9.17) is 5.11 Å². The van der Waals surface area contributed by atoms with Crippen LogP contribution in [0, 0.1) is 0 Å². The molecule has 0 saturated carbocycles. The summed E-state index contributed by atoms with van der Waals surface area (Å²) in [6, 6.07) is -0.162. The highest BCUT2D eigenvalue weighted by Gasteiger charge is 2.10. The lowest BCUT2D eigenvalue weighted by atomic mass is 10.2. The Bertz CT molecular complexity index is 265. The van der Waals surface area contributed by atoms with E-state index in [0.29, 0.717) is 25.9 Å². The van der Waals surface area contributed by atoms with Gasteiger partial charge in [-0.1, -0.05) is 0 Å². The first-order valence-corrected chi connectivity index (χ1v) is 6.64. The number of unbranched alkanes of at least 4 members (excludes halogenated alkanes) is 1. The average Bonchev–Trinajstić information content (AvgIpc) is 2.81. The molecule has 6 heteroatoms. The summed E-state index contributed by atoms with van der Waals surface area (Å²) >= 11 is 0. The van der Waals surface area contributed by atoms with Gasteiger partial charge in [-0.2, -0.15) is 0 Å². The predicted octanol–water partition coefficient (Wildman–Crippen LogP) is 0.636. The summed E-state index contributed by atoms with van der Waals surface area (Å²) in [6.07, 6.45) is 3.99. The number of carboxylic acids is 1. The molecule has 0 aliphatic carbocycles. The van der Waals surface area contributed by atoms with Crippen molar-refractivity contribution in [3.63, 3.8) is 0 Å². The number of hydrogen-bond donors (Lipinski definition) is 3. The molecule has 2 amide bonds. The maximum Gasteiger partial charge on any atom is 0.314 e. The topological polar surface area (TPSA) is 81.7 Å². The molecule has 0 bridgehead atoms. The summed E-state index contributed by atoms with van der Waals surface area (Å²) in [5.74, 6) is -0.787. The number of nitrogens with one attached hydrogen (secondary N) is 2. The van der Waals surface area contributed by atoms with E-state index in [2.05, 4.69) is 15.5 Å². The molecule has 0 aromatic carbocycles. The highest BCUT2D eigenvalue weighted by atomic mass is 16.4. The Morgan fingerprint density at radius 1 is 1.06 bits per heavy atom. The Labute approximate surface area is 108 Å². The number of carbonyl (C=O) groups excluding carboxylic acids is 1. The Kier molecular flexibility index (Phi) is 7.17. The third-order valence-electron chi connectivity index (χ3n) is 3.02. The van der Waals surface area contributed by atoms with Crippen molar-refractivity contribution in [3.8, 4) is 0 Å². The van der Waals surface area contributed by atoms with Crippen LogP contribution in [0.1, 0.15) is 32.1 Å². The highest BCUT2D eigenvalue weighted by Crippen LogP contribution is 2.05. The molecule has 18 heavy (non-hydrogen) atoms. The van der Waals surface area contributed by atoms with Crippen LogP contribution in [-0.4, -0.2) is 54.7 Å². The molecular weight excluding hydrogens is 234 g/mol. The Balaban J connectivity index is 1.88. The number of rotatable bonds is 8. The third-order valence-corrected chi connectivity index (χ3v) is 3.02. The quantitative estimate of drug-likeness (QED) is 0.557. The van der Waals surface area contributed by atoms with Gasteiger partial charge in [0.1, 0.15) is 0 Å². The molecule has 0 radical (unpaired) electrons. The minimum atomic E-state index is -0.787. The molecule has 1 fully saturated rings. The van der Waals surface area contributed by atoms with Crippen LogP contribution in [0.2, 0.25) is 0 Å². The first kappa shape index (κ1) is 14.8. The number of urea groups is 1. The van der Waals surface area contributed by atoms with E-state index in [-0.39, 0.29) is 12.5 Å². The molecule has 1 heterocycles. The zero-order valence-electron chi connectivity index (χ0n) is 10.8. The largest absolute Gasteiger partial charge is 0.481 e. The number of hydrogen-bond acceptors (Lipinski definition) is 3. The van der Waals surface area contributed by atoms with Gasteiger partial charge in [-0.3, -0.25) is 4.79 Å². The van der Waals surface area contributed by atoms with Crippen molar-refractivity contribution in [2.45, 2.75) is 32.1 Å². The molecule has 0 aromatic rings. The normalized spacial score (nSPS) is 15.6. The fourth-order valence-corrected chi connectivity index (χ4v) is 2.00. The number of likely N-dealkylation sites (tertiary alicyclic amines) is 1. The molecule has 0 spiro atoms. The minimum Gasteiger partial charge on any atom is -0.481 e. The molecule has 1 rings (SSSR count). The van der Waals surface area contributed by atoms with Crippen molar-refractivity contribution in [2.24, 2.45) is 0 Å². The van der Waals surface area contributed by atoms with Gasteiger partial charge in [-0.15, -0.1) is 0 Å². The molecule has 0 atom stereocenters.